The highest BCUT2D eigenvalue weighted by Crippen LogP contribution is 2.23. The van der Waals surface area contributed by atoms with E-state index in [0.29, 0.717) is 15.7 Å². The highest BCUT2D eigenvalue weighted by Gasteiger charge is 2.15. The second-order valence-electron chi connectivity index (χ2n) is 4.08. The quantitative estimate of drug-likeness (QED) is 0.586. The summed E-state index contributed by atoms with van der Waals surface area (Å²) in [4.78, 5) is 23.5. The Kier molecular flexibility index (Phi) is 4.67. The van der Waals surface area contributed by atoms with Gasteiger partial charge in [-0.25, -0.2) is 0 Å². The number of nitrogens with one attached hydrogen (secondary N) is 2. The van der Waals surface area contributed by atoms with E-state index in [1.807, 2.05) is 0 Å². The van der Waals surface area contributed by atoms with Gasteiger partial charge in [0.15, 0.2) is 0 Å². The topological polar surface area (TPSA) is 78.4 Å². The number of amides is 2. The molecule has 5 nitrogen and oxygen atoms in total. The summed E-state index contributed by atoms with van der Waals surface area (Å²) in [7, 11) is 0. The van der Waals surface area contributed by atoms with E-state index in [1.165, 1.54) is 30.3 Å². The number of hydrogen-bond donors (Lipinski definition) is 3. The summed E-state index contributed by atoms with van der Waals surface area (Å²) in [6, 6.07) is 10.5. The van der Waals surface area contributed by atoms with Crippen molar-refractivity contribution < 1.29 is 14.7 Å². The summed E-state index contributed by atoms with van der Waals surface area (Å²) in [6.07, 6.45) is 0. The molecule has 0 fully saturated rings. The molecule has 0 bridgehead atoms. The van der Waals surface area contributed by atoms with E-state index in [2.05, 4.69) is 10.6 Å². The van der Waals surface area contributed by atoms with Gasteiger partial charge in [-0.05, 0) is 30.3 Å². The number of phenols is 1. The van der Waals surface area contributed by atoms with Gasteiger partial charge in [0.05, 0.1) is 5.69 Å². The average molecular weight is 325 g/mol. The first kappa shape index (κ1) is 15.2. The fourth-order valence-corrected chi connectivity index (χ4v) is 2.10. The van der Waals surface area contributed by atoms with Gasteiger partial charge in [-0.2, -0.15) is 0 Å². The number of phenolic OH excluding ortho intramolecular Hbond substituents is 1. The minimum Gasteiger partial charge on any atom is -0.506 e. The predicted molar refractivity (Wildman–Crippen MR) is 81.8 cm³/mol. The smallest absolute Gasteiger partial charge is 0.314 e. The van der Waals surface area contributed by atoms with E-state index in [-0.39, 0.29) is 11.4 Å². The molecule has 0 atom stereocenters. The molecule has 2 rings (SSSR count). The number of hydrogen-bond acceptors (Lipinski definition) is 3. The zero-order valence-electron chi connectivity index (χ0n) is 10.6. The number of carbonyl (C=O) groups is 2. The molecule has 0 aliphatic rings. The van der Waals surface area contributed by atoms with Crippen LogP contribution in [0.5, 0.6) is 5.75 Å². The molecule has 0 heterocycles. The normalized spacial score (nSPS) is 10.0. The van der Waals surface area contributed by atoms with Crippen LogP contribution in [0.15, 0.2) is 42.5 Å². The average Bonchev–Trinajstić information content (AvgIpc) is 2.40. The molecular weight excluding hydrogens is 315 g/mol. The van der Waals surface area contributed by atoms with Gasteiger partial charge in [0, 0.05) is 15.7 Å². The van der Waals surface area contributed by atoms with Gasteiger partial charge in [0.1, 0.15) is 5.75 Å². The first-order valence-electron chi connectivity index (χ1n) is 5.82. The Morgan fingerprint density at radius 2 is 1.48 bits per heavy atom. The standard InChI is InChI=1S/C14H10Cl2N2O3/c15-8-5-9(16)7-10(6-8)17-13(20)14(21)18-11-3-1-2-4-12(11)19/h1-7,19H,(H,17,20)(H,18,21). The molecule has 0 aliphatic heterocycles. The van der Waals surface area contributed by atoms with E-state index in [0.717, 1.165) is 0 Å². The minimum atomic E-state index is -0.924. The summed E-state index contributed by atoms with van der Waals surface area (Å²) in [6.45, 7) is 0. The van der Waals surface area contributed by atoms with Crippen LogP contribution in [0.1, 0.15) is 0 Å². The Morgan fingerprint density at radius 3 is 2.10 bits per heavy atom. The van der Waals surface area contributed by atoms with Gasteiger partial charge in [0.2, 0.25) is 0 Å². The van der Waals surface area contributed by atoms with Gasteiger partial charge >= 0.3 is 11.8 Å². The molecule has 2 amide bonds. The van der Waals surface area contributed by atoms with Crippen LogP contribution in [0.25, 0.3) is 0 Å². The molecule has 0 aromatic heterocycles. The molecule has 2 aromatic carbocycles. The van der Waals surface area contributed by atoms with Crippen LogP contribution in [0.2, 0.25) is 10.0 Å². The molecule has 0 unspecified atom stereocenters. The first-order chi connectivity index (χ1) is 9.95. The van der Waals surface area contributed by atoms with E-state index < -0.39 is 11.8 Å². The van der Waals surface area contributed by atoms with Crippen molar-refractivity contribution in [2.24, 2.45) is 0 Å². The van der Waals surface area contributed by atoms with Crippen molar-refractivity contribution in [3.8, 4) is 5.75 Å². The molecule has 7 heteroatoms. The molecule has 0 saturated heterocycles. The van der Waals surface area contributed by atoms with Crippen molar-refractivity contribution in [1.29, 1.82) is 0 Å². The first-order valence-corrected chi connectivity index (χ1v) is 6.58. The van der Waals surface area contributed by atoms with Crippen LogP contribution >= 0.6 is 23.2 Å². The maximum Gasteiger partial charge on any atom is 0.314 e. The third kappa shape index (κ3) is 4.11. The number of anilines is 2. The fraction of sp³-hybridized carbons (Fsp3) is 0. The third-order valence-corrected chi connectivity index (χ3v) is 2.92. The SMILES string of the molecule is O=C(Nc1cc(Cl)cc(Cl)c1)C(=O)Nc1ccccc1O. The zero-order chi connectivity index (χ0) is 15.4. The van der Waals surface area contributed by atoms with Crippen LogP contribution in [0.4, 0.5) is 11.4 Å². The van der Waals surface area contributed by atoms with Gasteiger partial charge < -0.3 is 15.7 Å². The Morgan fingerprint density at radius 1 is 0.905 bits per heavy atom. The van der Waals surface area contributed by atoms with Crippen molar-refractivity contribution in [3.05, 3.63) is 52.5 Å². The Bertz CT molecular complexity index is 684. The minimum absolute atomic E-state index is 0.135. The Balaban J connectivity index is 2.06. The summed E-state index contributed by atoms with van der Waals surface area (Å²) in [5.41, 5.74) is 0.437. The number of para-hydroxylation sites is 2. The fourth-order valence-electron chi connectivity index (χ4n) is 1.57. The third-order valence-electron chi connectivity index (χ3n) is 2.48. The number of halogens is 2. The highest BCUT2D eigenvalue weighted by molar-refractivity contribution is 6.44. The molecule has 21 heavy (non-hydrogen) atoms. The zero-order valence-corrected chi connectivity index (χ0v) is 12.1. The summed E-state index contributed by atoms with van der Waals surface area (Å²) < 4.78 is 0. The number of aromatic hydroxyl groups is 1. The molecule has 0 saturated carbocycles. The monoisotopic (exact) mass is 324 g/mol. The van der Waals surface area contributed by atoms with Gasteiger partial charge in [-0.3, -0.25) is 9.59 Å². The molecule has 0 aliphatic carbocycles. The van der Waals surface area contributed by atoms with Crippen molar-refractivity contribution in [3.63, 3.8) is 0 Å². The summed E-state index contributed by atoms with van der Waals surface area (Å²) >= 11 is 11.6. The van der Waals surface area contributed by atoms with E-state index in [4.69, 9.17) is 23.2 Å². The van der Waals surface area contributed by atoms with Crippen LogP contribution in [0, 0.1) is 0 Å². The molecule has 2 aromatic rings. The maximum atomic E-state index is 11.8. The molecule has 3 N–H and O–H groups in total. The van der Waals surface area contributed by atoms with Crippen molar-refractivity contribution in [1.82, 2.24) is 0 Å². The molecule has 108 valence electrons. The molecule has 0 radical (unpaired) electrons. The Hall–Kier alpha value is -2.24. The maximum absolute atomic E-state index is 11.8. The van der Waals surface area contributed by atoms with Crippen molar-refractivity contribution >= 4 is 46.4 Å². The molecular formula is C14H10Cl2N2O3. The van der Waals surface area contributed by atoms with Crippen LogP contribution in [0.3, 0.4) is 0 Å². The van der Waals surface area contributed by atoms with Crippen molar-refractivity contribution in [2.45, 2.75) is 0 Å². The Labute approximate surface area is 130 Å². The van der Waals surface area contributed by atoms with Gasteiger partial charge in [0.25, 0.3) is 0 Å². The second-order valence-corrected chi connectivity index (χ2v) is 4.96. The number of carbonyl (C=O) groups excluding carboxylic acids is 2. The lowest BCUT2D eigenvalue weighted by Crippen LogP contribution is -2.29. The summed E-state index contributed by atoms with van der Waals surface area (Å²) in [5, 5.41) is 14.8. The lowest BCUT2D eigenvalue weighted by atomic mass is 10.3. The largest absolute Gasteiger partial charge is 0.506 e. The highest BCUT2D eigenvalue weighted by atomic mass is 35.5. The van der Waals surface area contributed by atoms with E-state index >= 15 is 0 Å². The number of benzene rings is 2. The second kappa shape index (κ2) is 6.47. The van der Waals surface area contributed by atoms with Gasteiger partial charge in [-0.1, -0.05) is 35.3 Å². The predicted octanol–water partition coefficient (Wildman–Crippen LogP) is 3.28. The summed E-state index contributed by atoms with van der Waals surface area (Å²) in [5.74, 6) is -1.96. The van der Waals surface area contributed by atoms with E-state index in [1.54, 1.807) is 12.1 Å². The van der Waals surface area contributed by atoms with Crippen LogP contribution < -0.4 is 10.6 Å². The lowest BCUT2D eigenvalue weighted by molar-refractivity contribution is -0.133. The van der Waals surface area contributed by atoms with Crippen LogP contribution in [-0.2, 0) is 9.59 Å². The lowest BCUT2D eigenvalue weighted by Gasteiger charge is -2.08. The van der Waals surface area contributed by atoms with Crippen molar-refractivity contribution in [2.75, 3.05) is 10.6 Å². The van der Waals surface area contributed by atoms with Crippen LogP contribution in [-0.4, -0.2) is 16.9 Å². The van der Waals surface area contributed by atoms with Gasteiger partial charge in [-0.15, -0.1) is 0 Å². The molecule has 0 spiro atoms. The number of rotatable bonds is 2. The van der Waals surface area contributed by atoms with E-state index in [9.17, 15) is 14.7 Å².